The standard InChI is InChI=1S/C19H22N6O2/c1-13(2)24-9-7-19(26,8-10-24)6-5-14-12-25-18(16(20)21-14)22-17(23-25)15-4-3-11-27-15/h3-4,11-13,26H,7-10H2,1-2H3,(H2,20,21). The summed E-state index contributed by atoms with van der Waals surface area (Å²) in [5, 5.41) is 15.1. The van der Waals surface area contributed by atoms with Gasteiger partial charge in [0.05, 0.1) is 12.5 Å². The van der Waals surface area contributed by atoms with Gasteiger partial charge in [0.25, 0.3) is 0 Å². The second kappa shape index (κ2) is 6.68. The van der Waals surface area contributed by atoms with Crippen molar-refractivity contribution >= 4 is 11.5 Å². The van der Waals surface area contributed by atoms with Crippen LogP contribution in [0.3, 0.4) is 0 Å². The number of furan rings is 1. The van der Waals surface area contributed by atoms with Crippen molar-refractivity contribution in [3.63, 3.8) is 0 Å². The molecule has 4 rings (SSSR count). The Labute approximate surface area is 157 Å². The molecule has 3 aromatic rings. The zero-order chi connectivity index (χ0) is 19.0. The molecular formula is C19H22N6O2. The Hall–Kier alpha value is -2.89. The molecule has 0 radical (unpaired) electrons. The van der Waals surface area contributed by atoms with E-state index in [0.717, 1.165) is 13.1 Å². The van der Waals surface area contributed by atoms with E-state index in [1.807, 2.05) is 0 Å². The summed E-state index contributed by atoms with van der Waals surface area (Å²) < 4.78 is 6.86. The van der Waals surface area contributed by atoms with Gasteiger partial charge in [-0.15, -0.1) is 5.10 Å². The number of aromatic nitrogens is 4. The number of aliphatic hydroxyl groups is 1. The number of rotatable bonds is 2. The van der Waals surface area contributed by atoms with Crippen molar-refractivity contribution in [2.75, 3.05) is 18.8 Å². The summed E-state index contributed by atoms with van der Waals surface area (Å²) >= 11 is 0. The Kier molecular flexibility index (Phi) is 4.34. The molecule has 8 nitrogen and oxygen atoms in total. The summed E-state index contributed by atoms with van der Waals surface area (Å²) in [6.07, 6.45) is 4.44. The third kappa shape index (κ3) is 3.52. The highest BCUT2D eigenvalue weighted by molar-refractivity contribution is 5.63. The lowest BCUT2D eigenvalue weighted by atomic mass is 9.91. The molecule has 4 heterocycles. The highest BCUT2D eigenvalue weighted by atomic mass is 16.3. The first-order chi connectivity index (χ1) is 12.9. The van der Waals surface area contributed by atoms with Crippen molar-refractivity contribution in [2.45, 2.75) is 38.3 Å². The fourth-order valence-corrected chi connectivity index (χ4v) is 3.20. The molecule has 0 atom stereocenters. The monoisotopic (exact) mass is 366 g/mol. The fraction of sp³-hybridized carbons (Fsp3) is 0.421. The topological polar surface area (TPSA) is 106 Å². The molecule has 0 amide bonds. The van der Waals surface area contributed by atoms with E-state index in [1.54, 1.807) is 24.6 Å². The van der Waals surface area contributed by atoms with Crippen molar-refractivity contribution in [3.8, 4) is 23.4 Å². The second-order valence-corrected chi connectivity index (χ2v) is 7.10. The second-order valence-electron chi connectivity index (χ2n) is 7.10. The smallest absolute Gasteiger partial charge is 0.218 e. The SMILES string of the molecule is CC(C)N1CCC(O)(C#Cc2cn3nc(-c4ccco4)nc3c(N)n2)CC1. The van der Waals surface area contributed by atoms with E-state index in [4.69, 9.17) is 10.2 Å². The van der Waals surface area contributed by atoms with E-state index >= 15 is 0 Å². The maximum Gasteiger partial charge on any atom is 0.218 e. The third-order valence-electron chi connectivity index (χ3n) is 4.87. The molecule has 1 aliphatic heterocycles. The quantitative estimate of drug-likeness (QED) is 0.663. The van der Waals surface area contributed by atoms with Gasteiger partial charge in [-0.25, -0.2) is 14.5 Å². The summed E-state index contributed by atoms with van der Waals surface area (Å²) in [7, 11) is 0. The molecule has 1 aliphatic rings. The van der Waals surface area contributed by atoms with Crippen LogP contribution in [-0.2, 0) is 0 Å². The summed E-state index contributed by atoms with van der Waals surface area (Å²) in [5.74, 6) is 7.15. The number of nitrogen functional groups attached to an aromatic ring is 1. The maximum atomic E-state index is 10.7. The molecule has 8 heteroatoms. The van der Waals surface area contributed by atoms with Crippen LogP contribution in [0.4, 0.5) is 5.82 Å². The molecule has 0 unspecified atom stereocenters. The molecule has 1 saturated heterocycles. The number of piperidine rings is 1. The Bertz CT molecular complexity index is 1000. The Morgan fingerprint density at radius 2 is 2.07 bits per heavy atom. The van der Waals surface area contributed by atoms with Crippen LogP contribution < -0.4 is 5.73 Å². The lowest BCUT2D eigenvalue weighted by molar-refractivity contribution is 0.0178. The van der Waals surface area contributed by atoms with Gasteiger partial charge in [0.15, 0.2) is 17.2 Å². The predicted molar refractivity (Wildman–Crippen MR) is 101 cm³/mol. The number of nitrogens with two attached hydrogens (primary N) is 1. The van der Waals surface area contributed by atoms with Crippen LogP contribution in [0.15, 0.2) is 29.0 Å². The molecular weight excluding hydrogens is 344 g/mol. The zero-order valence-electron chi connectivity index (χ0n) is 15.4. The van der Waals surface area contributed by atoms with Crippen molar-refractivity contribution in [1.29, 1.82) is 0 Å². The first-order valence-electron chi connectivity index (χ1n) is 9.00. The summed E-state index contributed by atoms with van der Waals surface area (Å²) in [5.41, 5.74) is 5.89. The van der Waals surface area contributed by atoms with Crippen LogP contribution in [0, 0.1) is 11.8 Å². The molecule has 140 valence electrons. The molecule has 0 aromatic carbocycles. The third-order valence-corrected chi connectivity index (χ3v) is 4.87. The summed E-state index contributed by atoms with van der Waals surface area (Å²) in [4.78, 5) is 11.0. The molecule has 0 spiro atoms. The largest absolute Gasteiger partial charge is 0.461 e. The minimum Gasteiger partial charge on any atom is -0.461 e. The number of anilines is 1. The minimum absolute atomic E-state index is 0.230. The van der Waals surface area contributed by atoms with E-state index in [0.29, 0.717) is 41.8 Å². The van der Waals surface area contributed by atoms with E-state index in [9.17, 15) is 5.11 Å². The Morgan fingerprint density at radius 1 is 1.30 bits per heavy atom. The van der Waals surface area contributed by atoms with Gasteiger partial charge in [0.1, 0.15) is 11.3 Å². The predicted octanol–water partition coefficient (Wildman–Crippen LogP) is 1.55. The van der Waals surface area contributed by atoms with E-state index < -0.39 is 5.60 Å². The van der Waals surface area contributed by atoms with Crippen LogP contribution in [0.5, 0.6) is 0 Å². The summed E-state index contributed by atoms with van der Waals surface area (Å²) in [6, 6.07) is 4.02. The number of nitrogens with zero attached hydrogens (tertiary/aromatic N) is 5. The zero-order valence-corrected chi connectivity index (χ0v) is 15.4. The van der Waals surface area contributed by atoms with E-state index in [-0.39, 0.29) is 5.82 Å². The normalized spacial score (nSPS) is 17.2. The van der Waals surface area contributed by atoms with Gasteiger partial charge in [0, 0.05) is 32.0 Å². The lowest BCUT2D eigenvalue weighted by Crippen LogP contribution is -2.46. The highest BCUT2D eigenvalue weighted by Gasteiger charge is 2.31. The fourth-order valence-electron chi connectivity index (χ4n) is 3.20. The molecule has 0 bridgehead atoms. The van der Waals surface area contributed by atoms with Crippen LogP contribution in [0.2, 0.25) is 0 Å². The Morgan fingerprint density at radius 3 is 2.74 bits per heavy atom. The van der Waals surface area contributed by atoms with Gasteiger partial charge in [0.2, 0.25) is 5.82 Å². The van der Waals surface area contributed by atoms with Gasteiger partial charge in [-0.05, 0) is 31.9 Å². The van der Waals surface area contributed by atoms with Gasteiger partial charge in [-0.1, -0.05) is 5.92 Å². The first-order valence-corrected chi connectivity index (χ1v) is 9.00. The average Bonchev–Trinajstić information content (AvgIpc) is 3.30. The molecule has 3 aromatic heterocycles. The van der Waals surface area contributed by atoms with Crippen molar-refractivity contribution in [3.05, 3.63) is 30.3 Å². The van der Waals surface area contributed by atoms with Gasteiger partial charge in [-0.2, -0.15) is 0 Å². The van der Waals surface area contributed by atoms with E-state index in [2.05, 4.69) is 45.7 Å². The van der Waals surface area contributed by atoms with Gasteiger partial charge < -0.3 is 20.2 Å². The molecule has 0 saturated carbocycles. The molecule has 3 N–H and O–H groups in total. The number of hydrogen-bond donors (Lipinski definition) is 2. The molecule has 27 heavy (non-hydrogen) atoms. The van der Waals surface area contributed by atoms with Gasteiger partial charge in [-0.3, -0.25) is 0 Å². The molecule has 1 fully saturated rings. The molecule has 0 aliphatic carbocycles. The lowest BCUT2D eigenvalue weighted by Gasteiger charge is -2.37. The Balaban J connectivity index is 1.59. The van der Waals surface area contributed by atoms with Crippen LogP contribution in [-0.4, -0.2) is 54.3 Å². The average molecular weight is 366 g/mol. The van der Waals surface area contributed by atoms with Crippen LogP contribution in [0.25, 0.3) is 17.2 Å². The van der Waals surface area contributed by atoms with Crippen molar-refractivity contribution in [2.24, 2.45) is 0 Å². The minimum atomic E-state index is -1.00. The van der Waals surface area contributed by atoms with Crippen LogP contribution in [0.1, 0.15) is 32.4 Å². The van der Waals surface area contributed by atoms with Gasteiger partial charge >= 0.3 is 0 Å². The first kappa shape index (κ1) is 17.5. The van der Waals surface area contributed by atoms with E-state index in [1.165, 1.54) is 4.52 Å². The van der Waals surface area contributed by atoms with Crippen molar-refractivity contribution < 1.29 is 9.52 Å². The highest BCUT2D eigenvalue weighted by Crippen LogP contribution is 2.23. The van der Waals surface area contributed by atoms with Crippen molar-refractivity contribution in [1.82, 2.24) is 24.5 Å². The summed E-state index contributed by atoms with van der Waals surface area (Å²) in [6.45, 7) is 5.97. The number of likely N-dealkylation sites (tertiary alicyclic amines) is 1. The number of fused-ring (bicyclic) bond motifs is 1. The maximum absolute atomic E-state index is 10.7. The van der Waals surface area contributed by atoms with Crippen LogP contribution >= 0.6 is 0 Å². The number of hydrogen-bond acceptors (Lipinski definition) is 7.